The van der Waals surface area contributed by atoms with Crippen LogP contribution in [0.3, 0.4) is 0 Å². The highest BCUT2D eigenvalue weighted by atomic mass is 35.5. The van der Waals surface area contributed by atoms with Crippen molar-refractivity contribution in [2.75, 3.05) is 4.90 Å². The first-order valence-electron chi connectivity index (χ1n) is 6.74. The van der Waals surface area contributed by atoms with E-state index in [9.17, 15) is 14.9 Å². The summed E-state index contributed by atoms with van der Waals surface area (Å²) in [5.41, 5.74) is 0.904. The Kier molecular flexibility index (Phi) is 4.66. The molecule has 1 saturated heterocycles. The van der Waals surface area contributed by atoms with Gasteiger partial charge in [0.15, 0.2) is 4.32 Å². The normalized spacial score (nSPS) is 16.0. The van der Waals surface area contributed by atoms with E-state index in [1.54, 1.807) is 42.5 Å². The fourth-order valence-corrected chi connectivity index (χ4v) is 3.61. The Morgan fingerprint density at radius 2 is 1.83 bits per heavy atom. The third kappa shape index (κ3) is 3.19. The predicted molar refractivity (Wildman–Crippen MR) is 100 cm³/mol. The van der Waals surface area contributed by atoms with Crippen molar-refractivity contribution in [1.82, 2.24) is 0 Å². The van der Waals surface area contributed by atoms with Crippen LogP contribution >= 0.6 is 35.6 Å². The van der Waals surface area contributed by atoms with Gasteiger partial charge < -0.3 is 0 Å². The molecule has 1 amide bonds. The monoisotopic (exact) mass is 376 g/mol. The summed E-state index contributed by atoms with van der Waals surface area (Å²) in [4.78, 5) is 25.0. The largest absolute Gasteiger partial charge is 0.276 e. The second kappa shape index (κ2) is 6.72. The Labute approximate surface area is 152 Å². The van der Waals surface area contributed by atoms with E-state index in [4.69, 9.17) is 23.8 Å². The van der Waals surface area contributed by atoms with Crippen molar-refractivity contribution in [2.24, 2.45) is 0 Å². The van der Waals surface area contributed by atoms with Gasteiger partial charge in [-0.25, -0.2) is 0 Å². The molecule has 120 valence electrons. The van der Waals surface area contributed by atoms with Crippen molar-refractivity contribution in [2.45, 2.75) is 0 Å². The summed E-state index contributed by atoms with van der Waals surface area (Å²) in [7, 11) is 0. The van der Waals surface area contributed by atoms with Gasteiger partial charge in [0.05, 0.1) is 21.1 Å². The van der Waals surface area contributed by atoms with Gasteiger partial charge in [0.1, 0.15) is 0 Å². The highest BCUT2D eigenvalue weighted by Crippen LogP contribution is 2.37. The second-order valence-corrected chi connectivity index (χ2v) is 6.92. The molecule has 0 unspecified atom stereocenters. The minimum atomic E-state index is -0.480. The number of nitro benzene ring substituents is 1. The van der Waals surface area contributed by atoms with Gasteiger partial charge in [0.25, 0.3) is 11.6 Å². The SMILES string of the molecule is O=C1C(=Cc2ccccc2[N+](=O)[O-])SC(=S)N1c1ccc(Cl)cc1. The topological polar surface area (TPSA) is 63.4 Å². The zero-order chi connectivity index (χ0) is 17.3. The first kappa shape index (κ1) is 16.6. The molecular formula is C16H9ClN2O3S2. The zero-order valence-corrected chi connectivity index (χ0v) is 14.4. The van der Waals surface area contributed by atoms with E-state index in [2.05, 4.69) is 0 Å². The van der Waals surface area contributed by atoms with Crippen molar-refractivity contribution in [3.05, 3.63) is 74.1 Å². The summed E-state index contributed by atoms with van der Waals surface area (Å²) in [5, 5.41) is 11.7. The van der Waals surface area contributed by atoms with Crippen LogP contribution in [0, 0.1) is 10.1 Å². The van der Waals surface area contributed by atoms with E-state index >= 15 is 0 Å². The van der Waals surface area contributed by atoms with E-state index in [1.165, 1.54) is 17.0 Å². The Morgan fingerprint density at radius 3 is 2.50 bits per heavy atom. The maximum atomic E-state index is 12.6. The Morgan fingerprint density at radius 1 is 1.17 bits per heavy atom. The highest BCUT2D eigenvalue weighted by Gasteiger charge is 2.33. The van der Waals surface area contributed by atoms with Crippen LogP contribution in [0.5, 0.6) is 0 Å². The first-order valence-corrected chi connectivity index (χ1v) is 8.34. The molecule has 0 aromatic heterocycles. The predicted octanol–water partition coefficient (Wildman–Crippen LogP) is 4.65. The van der Waals surface area contributed by atoms with Gasteiger partial charge in [-0.3, -0.25) is 19.8 Å². The Balaban J connectivity index is 1.97. The fourth-order valence-electron chi connectivity index (χ4n) is 2.20. The van der Waals surface area contributed by atoms with Gasteiger partial charge in [-0.05, 0) is 36.4 Å². The molecule has 0 saturated carbocycles. The minimum Gasteiger partial charge on any atom is -0.268 e. The third-order valence-corrected chi connectivity index (χ3v) is 4.85. The molecule has 0 radical (unpaired) electrons. The van der Waals surface area contributed by atoms with E-state index in [-0.39, 0.29) is 11.6 Å². The first-order chi connectivity index (χ1) is 11.5. The van der Waals surface area contributed by atoms with Crippen molar-refractivity contribution >= 4 is 63.3 Å². The number of benzene rings is 2. The minimum absolute atomic E-state index is 0.0609. The molecule has 3 rings (SSSR count). The van der Waals surface area contributed by atoms with E-state index in [1.807, 2.05) is 0 Å². The molecular weight excluding hydrogens is 368 g/mol. The number of carbonyl (C=O) groups is 1. The standard InChI is InChI=1S/C16H9ClN2O3S2/c17-11-5-7-12(8-6-11)18-15(20)14(24-16(18)23)9-10-3-1-2-4-13(10)19(21)22/h1-9H. The zero-order valence-electron chi connectivity index (χ0n) is 12.0. The van der Waals surface area contributed by atoms with Crippen LogP contribution in [0.15, 0.2) is 53.4 Å². The van der Waals surface area contributed by atoms with Gasteiger partial charge >= 0.3 is 0 Å². The summed E-state index contributed by atoms with van der Waals surface area (Å²) >= 11 is 12.2. The number of halogens is 1. The summed E-state index contributed by atoms with van der Waals surface area (Å²) < 4.78 is 0.368. The molecule has 1 aliphatic heterocycles. The summed E-state index contributed by atoms with van der Waals surface area (Å²) in [5.74, 6) is -0.314. The quantitative estimate of drug-likeness (QED) is 0.337. The third-order valence-electron chi connectivity index (χ3n) is 3.30. The van der Waals surface area contributed by atoms with Crippen molar-refractivity contribution in [1.29, 1.82) is 0 Å². The van der Waals surface area contributed by atoms with Crippen LogP contribution in [0.1, 0.15) is 5.56 Å². The molecule has 0 bridgehead atoms. The molecule has 1 aliphatic rings. The lowest BCUT2D eigenvalue weighted by Crippen LogP contribution is -2.27. The van der Waals surface area contributed by atoms with E-state index in [0.29, 0.717) is 25.5 Å². The van der Waals surface area contributed by atoms with E-state index in [0.717, 1.165) is 11.8 Å². The van der Waals surface area contributed by atoms with Crippen LogP contribution in [0.25, 0.3) is 6.08 Å². The summed E-state index contributed by atoms with van der Waals surface area (Å²) in [6, 6.07) is 13.0. The second-order valence-electron chi connectivity index (χ2n) is 4.81. The van der Waals surface area contributed by atoms with Crippen LogP contribution in [0.2, 0.25) is 5.02 Å². The molecule has 0 aliphatic carbocycles. The lowest BCUT2D eigenvalue weighted by atomic mass is 10.1. The average molecular weight is 377 g/mol. The number of nitro groups is 1. The number of carbonyl (C=O) groups excluding carboxylic acids is 1. The van der Waals surface area contributed by atoms with Gasteiger partial charge in [-0.1, -0.05) is 47.7 Å². The highest BCUT2D eigenvalue weighted by molar-refractivity contribution is 8.27. The molecule has 24 heavy (non-hydrogen) atoms. The van der Waals surface area contributed by atoms with E-state index < -0.39 is 4.92 Å². The molecule has 8 heteroatoms. The number of nitrogens with zero attached hydrogens (tertiary/aromatic N) is 2. The molecule has 0 spiro atoms. The van der Waals surface area contributed by atoms with Gasteiger partial charge in [-0.2, -0.15) is 0 Å². The summed E-state index contributed by atoms with van der Waals surface area (Å²) in [6.45, 7) is 0. The average Bonchev–Trinajstić information content (AvgIpc) is 2.83. The lowest BCUT2D eigenvalue weighted by Gasteiger charge is -2.14. The van der Waals surface area contributed by atoms with Crippen molar-refractivity contribution in [3.8, 4) is 0 Å². The number of rotatable bonds is 3. The van der Waals surface area contributed by atoms with Crippen LogP contribution in [0.4, 0.5) is 11.4 Å². The number of thioether (sulfide) groups is 1. The Hall–Kier alpha value is -2.22. The van der Waals surface area contributed by atoms with Crippen LogP contribution < -0.4 is 4.90 Å². The molecule has 5 nitrogen and oxygen atoms in total. The molecule has 0 atom stereocenters. The van der Waals surface area contributed by atoms with Crippen molar-refractivity contribution < 1.29 is 9.72 Å². The summed E-state index contributed by atoms with van der Waals surface area (Å²) in [6.07, 6.45) is 1.49. The Bertz CT molecular complexity index is 881. The lowest BCUT2D eigenvalue weighted by molar-refractivity contribution is -0.385. The number of hydrogen-bond donors (Lipinski definition) is 0. The molecule has 1 heterocycles. The number of anilines is 1. The van der Waals surface area contributed by atoms with Crippen LogP contribution in [-0.4, -0.2) is 15.2 Å². The smallest absolute Gasteiger partial charge is 0.268 e. The number of hydrogen-bond acceptors (Lipinski definition) is 5. The maximum absolute atomic E-state index is 12.6. The maximum Gasteiger partial charge on any atom is 0.276 e. The van der Waals surface area contributed by atoms with Gasteiger partial charge in [-0.15, -0.1) is 0 Å². The molecule has 1 fully saturated rings. The molecule has 0 N–H and O–H groups in total. The number of thiocarbonyl (C=S) groups is 1. The van der Waals surface area contributed by atoms with Crippen LogP contribution in [-0.2, 0) is 4.79 Å². The number of para-hydroxylation sites is 1. The van der Waals surface area contributed by atoms with Crippen molar-refractivity contribution in [3.63, 3.8) is 0 Å². The van der Waals surface area contributed by atoms with Gasteiger partial charge in [0, 0.05) is 11.1 Å². The van der Waals surface area contributed by atoms with Gasteiger partial charge in [0.2, 0.25) is 0 Å². The molecule has 2 aromatic carbocycles. The number of amides is 1. The fraction of sp³-hybridized carbons (Fsp3) is 0. The molecule has 2 aromatic rings.